The molecule has 4 nitrogen and oxygen atoms in total. The van der Waals surface area contributed by atoms with Gasteiger partial charge in [0.25, 0.3) is 0 Å². The fraction of sp³-hybridized carbons (Fsp3) is 0.182. The first-order chi connectivity index (χ1) is 12.7. The van der Waals surface area contributed by atoms with Crippen LogP contribution < -0.4 is 14.4 Å². The van der Waals surface area contributed by atoms with E-state index in [1.807, 2.05) is 74.5 Å². The molecule has 0 aliphatic carbocycles. The minimum Gasteiger partial charge on any atom is -0.508 e. The number of phenols is 1. The van der Waals surface area contributed by atoms with E-state index in [1.165, 1.54) is 0 Å². The zero-order chi connectivity index (χ0) is 18.4. The Balaban J connectivity index is 1.99. The number of nitrogens with zero attached hydrogens (tertiary/aromatic N) is 1. The van der Waals surface area contributed by atoms with Crippen molar-refractivity contribution in [2.75, 3.05) is 18.1 Å². The molecular formula is C22H23NO3. The zero-order valence-electron chi connectivity index (χ0n) is 15.1. The van der Waals surface area contributed by atoms with Gasteiger partial charge in [-0.15, -0.1) is 0 Å². The Hall–Kier alpha value is -3.14. The first-order valence-electron chi connectivity index (χ1n) is 8.76. The van der Waals surface area contributed by atoms with Gasteiger partial charge in [-0.1, -0.05) is 0 Å². The third kappa shape index (κ3) is 4.09. The molecule has 0 aliphatic heterocycles. The van der Waals surface area contributed by atoms with E-state index in [0.717, 1.165) is 28.6 Å². The number of hydrogen-bond donors (Lipinski definition) is 1. The molecule has 0 bridgehead atoms. The minimum absolute atomic E-state index is 0.243. The molecule has 0 unspecified atom stereocenters. The van der Waals surface area contributed by atoms with Crippen LogP contribution in [-0.2, 0) is 0 Å². The molecule has 3 aromatic carbocycles. The molecular weight excluding hydrogens is 326 g/mol. The predicted molar refractivity (Wildman–Crippen MR) is 105 cm³/mol. The van der Waals surface area contributed by atoms with Gasteiger partial charge in [-0.3, -0.25) is 0 Å². The van der Waals surface area contributed by atoms with Crippen LogP contribution in [0.25, 0.3) is 0 Å². The normalized spacial score (nSPS) is 10.4. The van der Waals surface area contributed by atoms with E-state index in [1.54, 1.807) is 12.1 Å². The minimum atomic E-state index is 0.243. The maximum Gasteiger partial charge on any atom is 0.119 e. The molecule has 0 aliphatic rings. The van der Waals surface area contributed by atoms with E-state index in [4.69, 9.17) is 9.47 Å². The van der Waals surface area contributed by atoms with Gasteiger partial charge in [0.05, 0.1) is 13.2 Å². The van der Waals surface area contributed by atoms with E-state index in [-0.39, 0.29) is 5.75 Å². The average molecular weight is 349 g/mol. The lowest BCUT2D eigenvalue weighted by Crippen LogP contribution is -2.09. The Morgan fingerprint density at radius 3 is 1.31 bits per heavy atom. The molecule has 0 saturated carbocycles. The molecule has 0 heterocycles. The van der Waals surface area contributed by atoms with Crippen molar-refractivity contribution in [1.29, 1.82) is 0 Å². The Morgan fingerprint density at radius 2 is 0.962 bits per heavy atom. The molecule has 0 aromatic heterocycles. The van der Waals surface area contributed by atoms with Gasteiger partial charge in [-0.05, 0) is 86.6 Å². The molecule has 0 saturated heterocycles. The summed E-state index contributed by atoms with van der Waals surface area (Å²) in [6, 6.07) is 23.1. The summed E-state index contributed by atoms with van der Waals surface area (Å²) in [5.74, 6) is 1.93. The van der Waals surface area contributed by atoms with Crippen molar-refractivity contribution in [3.8, 4) is 17.2 Å². The molecule has 0 atom stereocenters. The van der Waals surface area contributed by atoms with Gasteiger partial charge in [0, 0.05) is 17.1 Å². The van der Waals surface area contributed by atoms with Crippen molar-refractivity contribution in [3.05, 3.63) is 72.8 Å². The standard InChI is InChI=1S/C22H23NO3/c1-3-25-21-13-7-18(8-14-21)23(17-5-11-20(24)12-6-17)19-9-15-22(16-10-19)26-4-2/h5-16,24H,3-4H2,1-2H3. The second-order valence-electron chi connectivity index (χ2n) is 5.71. The molecule has 26 heavy (non-hydrogen) atoms. The molecule has 3 aromatic rings. The molecule has 134 valence electrons. The Bertz CT molecular complexity index is 762. The third-order valence-electron chi connectivity index (χ3n) is 3.92. The lowest BCUT2D eigenvalue weighted by molar-refractivity contribution is 0.340. The van der Waals surface area contributed by atoms with Gasteiger partial charge in [0.1, 0.15) is 17.2 Å². The summed E-state index contributed by atoms with van der Waals surface area (Å²) in [6.07, 6.45) is 0. The van der Waals surface area contributed by atoms with Crippen LogP contribution in [0.15, 0.2) is 72.8 Å². The maximum atomic E-state index is 9.62. The van der Waals surface area contributed by atoms with Gasteiger partial charge in [-0.2, -0.15) is 0 Å². The van der Waals surface area contributed by atoms with Crippen molar-refractivity contribution < 1.29 is 14.6 Å². The highest BCUT2D eigenvalue weighted by Crippen LogP contribution is 2.36. The van der Waals surface area contributed by atoms with Gasteiger partial charge >= 0.3 is 0 Å². The van der Waals surface area contributed by atoms with Crippen LogP contribution in [0.3, 0.4) is 0 Å². The fourth-order valence-corrected chi connectivity index (χ4v) is 2.77. The predicted octanol–water partition coefficient (Wildman–Crippen LogP) is 5.66. The van der Waals surface area contributed by atoms with Gasteiger partial charge in [-0.25, -0.2) is 0 Å². The van der Waals surface area contributed by atoms with E-state index < -0.39 is 0 Å². The number of aromatic hydroxyl groups is 1. The summed E-state index contributed by atoms with van der Waals surface area (Å²) in [5, 5.41) is 9.62. The summed E-state index contributed by atoms with van der Waals surface area (Å²) in [6.45, 7) is 5.22. The summed E-state index contributed by atoms with van der Waals surface area (Å²) < 4.78 is 11.1. The number of ether oxygens (including phenoxy) is 2. The first kappa shape index (κ1) is 17.7. The lowest BCUT2D eigenvalue weighted by atomic mass is 10.2. The van der Waals surface area contributed by atoms with Crippen molar-refractivity contribution >= 4 is 17.1 Å². The third-order valence-corrected chi connectivity index (χ3v) is 3.92. The van der Waals surface area contributed by atoms with Crippen LogP contribution in [-0.4, -0.2) is 18.3 Å². The largest absolute Gasteiger partial charge is 0.508 e. The quantitative estimate of drug-likeness (QED) is 0.598. The van der Waals surface area contributed by atoms with E-state index in [9.17, 15) is 5.11 Å². The lowest BCUT2D eigenvalue weighted by Gasteiger charge is -2.25. The van der Waals surface area contributed by atoms with Crippen LogP contribution in [0.5, 0.6) is 17.2 Å². The molecule has 0 fully saturated rings. The van der Waals surface area contributed by atoms with Crippen molar-refractivity contribution in [2.45, 2.75) is 13.8 Å². The topological polar surface area (TPSA) is 41.9 Å². The van der Waals surface area contributed by atoms with Crippen molar-refractivity contribution in [3.63, 3.8) is 0 Å². The van der Waals surface area contributed by atoms with Crippen LogP contribution in [0, 0.1) is 0 Å². The highest BCUT2D eigenvalue weighted by molar-refractivity contribution is 5.77. The highest BCUT2D eigenvalue weighted by atomic mass is 16.5. The first-order valence-corrected chi connectivity index (χ1v) is 8.76. The number of hydrogen-bond acceptors (Lipinski definition) is 4. The van der Waals surface area contributed by atoms with Crippen LogP contribution in [0.2, 0.25) is 0 Å². The summed E-state index contributed by atoms with van der Waals surface area (Å²) in [7, 11) is 0. The van der Waals surface area contributed by atoms with Gasteiger partial charge < -0.3 is 19.5 Å². The van der Waals surface area contributed by atoms with Gasteiger partial charge in [0.2, 0.25) is 0 Å². The maximum absolute atomic E-state index is 9.62. The van der Waals surface area contributed by atoms with Crippen LogP contribution in [0.4, 0.5) is 17.1 Å². The van der Waals surface area contributed by atoms with Crippen LogP contribution in [0.1, 0.15) is 13.8 Å². The molecule has 0 amide bonds. The number of anilines is 3. The zero-order valence-corrected chi connectivity index (χ0v) is 15.1. The molecule has 4 heteroatoms. The Kier molecular flexibility index (Phi) is 5.64. The second-order valence-corrected chi connectivity index (χ2v) is 5.71. The summed E-state index contributed by atoms with van der Waals surface area (Å²) >= 11 is 0. The Morgan fingerprint density at radius 1 is 0.615 bits per heavy atom. The monoisotopic (exact) mass is 349 g/mol. The van der Waals surface area contributed by atoms with Crippen molar-refractivity contribution in [1.82, 2.24) is 0 Å². The number of benzene rings is 3. The Labute approximate surface area is 154 Å². The molecule has 1 N–H and O–H groups in total. The highest BCUT2D eigenvalue weighted by Gasteiger charge is 2.13. The second kappa shape index (κ2) is 8.30. The van der Waals surface area contributed by atoms with E-state index >= 15 is 0 Å². The molecule has 0 radical (unpaired) electrons. The summed E-state index contributed by atoms with van der Waals surface area (Å²) in [5.41, 5.74) is 2.96. The van der Waals surface area contributed by atoms with Gasteiger partial charge in [0.15, 0.2) is 0 Å². The van der Waals surface area contributed by atoms with E-state index in [2.05, 4.69) is 4.90 Å². The molecule has 0 spiro atoms. The smallest absolute Gasteiger partial charge is 0.119 e. The SMILES string of the molecule is CCOc1ccc(N(c2ccc(O)cc2)c2ccc(OCC)cc2)cc1. The van der Waals surface area contributed by atoms with Crippen molar-refractivity contribution in [2.24, 2.45) is 0 Å². The average Bonchev–Trinajstić information content (AvgIpc) is 2.67. The van der Waals surface area contributed by atoms with Crippen LogP contribution >= 0.6 is 0 Å². The molecule has 3 rings (SSSR count). The summed E-state index contributed by atoms with van der Waals surface area (Å²) in [4.78, 5) is 2.12. The number of rotatable bonds is 7. The number of phenolic OH excluding ortho intramolecular Hbond substituents is 1. The fourth-order valence-electron chi connectivity index (χ4n) is 2.77. The van der Waals surface area contributed by atoms with E-state index in [0.29, 0.717) is 13.2 Å².